The first-order valence-electron chi connectivity index (χ1n) is 6.20. The standard InChI is InChI=1S/C13H20FNO3S/c1-10(2)13(16)7-8-15-19(17,18)9-11-5-3-4-6-12(11)14/h3-6,10,13,15-16H,7-9H2,1-2H3. The van der Waals surface area contributed by atoms with E-state index in [0.29, 0.717) is 6.42 Å². The molecule has 1 atom stereocenters. The molecule has 2 N–H and O–H groups in total. The zero-order chi connectivity index (χ0) is 14.5. The van der Waals surface area contributed by atoms with Crippen LogP contribution in [0.2, 0.25) is 0 Å². The highest BCUT2D eigenvalue weighted by Gasteiger charge is 2.15. The predicted molar refractivity (Wildman–Crippen MR) is 72.5 cm³/mol. The van der Waals surface area contributed by atoms with Crippen LogP contribution in [0.4, 0.5) is 4.39 Å². The van der Waals surface area contributed by atoms with Crippen molar-refractivity contribution in [1.29, 1.82) is 0 Å². The van der Waals surface area contributed by atoms with Gasteiger partial charge in [0.25, 0.3) is 0 Å². The van der Waals surface area contributed by atoms with Gasteiger partial charge in [0.05, 0.1) is 11.9 Å². The van der Waals surface area contributed by atoms with Crippen molar-refractivity contribution in [2.24, 2.45) is 5.92 Å². The molecule has 0 aliphatic rings. The zero-order valence-electron chi connectivity index (χ0n) is 11.1. The van der Waals surface area contributed by atoms with E-state index in [1.54, 1.807) is 6.07 Å². The number of hydrogen-bond acceptors (Lipinski definition) is 3. The van der Waals surface area contributed by atoms with Crippen LogP contribution in [-0.4, -0.2) is 26.2 Å². The second-order valence-electron chi connectivity index (χ2n) is 4.84. The van der Waals surface area contributed by atoms with Gasteiger partial charge in [0.1, 0.15) is 5.82 Å². The molecule has 0 fully saturated rings. The minimum Gasteiger partial charge on any atom is -0.393 e. The van der Waals surface area contributed by atoms with Gasteiger partial charge in [-0.2, -0.15) is 0 Å². The first-order valence-corrected chi connectivity index (χ1v) is 7.86. The molecule has 0 heterocycles. The Morgan fingerprint density at radius 1 is 1.32 bits per heavy atom. The largest absolute Gasteiger partial charge is 0.393 e. The molecule has 0 saturated heterocycles. The Balaban J connectivity index is 2.51. The lowest BCUT2D eigenvalue weighted by Gasteiger charge is -2.14. The third-order valence-corrected chi connectivity index (χ3v) is 4.17. The number of hydrogen-bond donors (Lipinski definition) is 2. The van der Waals surface area contributed by atoms with Crippen LogP contribution < -0.4 is 4.72 Å². The summed E-state index contributed by atoms with van der Waals surface area (Å²) in [5, 5.41) is 9.56. The van der Waals surface area contributed by atoms with E-state index in [4.69, 9.17) is 0 Å². The summed E-state index contributed by atoms with van der Waals surface area (Å²) >= 11 is 0. The van der Waals surface area contributed by atoms with Crippen LogP contribution in [0.3, 0.4) is 0 Å². The molecule has 0 radical (unpaired) electrons. The van der Waals surface area contributed by atoms with Gasteiger partial charge in [-0.05, 0) is 18.4 Å². The Hall–Kier alpha value is -0.980. The first kappa shape index (κ1) is 16.1. The van der Waals surface area contributed by atoms with Gasteiger partial charge in [0.2, 0.25) is 10.0 Å². The van der Waals surface area contributed by atoms with E-state index in [1.165, 1.54) is 18.2 Å². The quantitative estimate of drug-likeness (QED) is 0.802. The predicted octanol–water partition coefficient (Wildman–Crippen LogP) is 1.65. The molecule has 0 aliphatic carbocycles. The topological polar surface area (TPSA) is 66.4 Å². The number of sulfonamides is 1. The highest BCUT2D eigenvalue weighted by Crippen LogP contribution is 2.10. The van der Waals surface area contributed by atoms with Crippen LogP contribution >= 0.6 is 0 Å². The fourth-order valence-electron chi connectivity index (χ4n) is 1.57. The fraction of sp³-hybridized carbons (Fsp3) is 0.538. The van der Waals surface area contributed by atoms with Gasteiger partial charge in [0, 0.05) is 12.1 Å². The van der Waals surface area contributed by atoms with Crippen molar-refractivity contribution in [3.8, 4) is 0 Å². The van der Waals surface area contributed by atoms with E-state index in [-0.39, 0.29) is 18.0 Å². The van der Waals surface area contributed by atoms with E-state index in [2.05, 4.69) is 4.72 Å². The van der Waals surface area contributed by atoms with Crippen molar-refractivity contribution in [1.82, 2.24) is 4.72 Å². The number of nitrogens with one attached hydrogen (secondary N) is 1. The second kappa shape index (κ2) is 6.98. The average molecular weight is 289 g/mol. The SMILES string of the molecule is CC(C)C(O)CCNS(=O)(=O)Cc1ccccc1F. The summed E-state index contributed by atoms with van der Waals surface area (Å²) in [6.07, 6.45) is -0.204. The van der Waals surface area contributed by atoms with E-state index in [9.17, 15) is 17.9 Å². The Kier molecular flexibility index (Phi) is 5.90. The minimum atomic E-state index is -3.58. The summed E-state index contributed by atoms with van der Waals surface area (Å²) in [5.74, 6) is -0.844. The highest BCUT2D eigenvalue weighted by atomic mass is 32.2. The van der Waals surface area contributed by atoms with E-state index in [0.717, 1.165) is 0 Å². The average Bonchev–Trinajstić information content (AvgIpc) is 2.31. The molecule has 6 heteroatoms. The number of halogens is 1. The molecule has 0 aromatic heterocycles. The van der Waals surface area contributed by atoms with Crippen LogP contribution in [-0.2, 0) is 15.8 Å². The number of rotatable bonds is 7. The van der Waals surface area contributed by atoms with Crippen molar-refractivity contribution in [3.05, 3.63) is 35.6 Å². The van der Waals surface area contributed by atoms with Crippen LogP contribution in [0, 0.1) is 11.7 Å². The summed E-state index contributed by atoms with van der Waals surface area (Å²) in [6, 6.07) is 5.78. The van der Waals surface area contributed by atoms with Crippen molar-refractivity contribution in [2.75, 3.05) is 6.54 Å². The summed E-state index contributed by atoms with van der Waals surface area (Å²) < 4.78 is 39.2. The zero-order valence-corrected chi connectivity index (χ0v) is 12.0. The molecule has 0 spiro atoms. The lowest BCUT2D eigenvalue weighted by atomic mass is 10.1. The van der Waals surface area contributed by atoms with Crippen LogP contribution in [0.1, 0.15) is 25.8 Å². The minimum absolute atomic E-state index is 0.0797. The lowest BCUT2D eigenvalue weighted by molar-refractivity contribution is 0.118. The number of benzene rings is 1. The van der Waals surface area contributed by atoms with Crippen molar-refractivity contribution in [2.45, 2.75) is 32.1 Å². The molecule has 0 saturated carbocycles. The van der Waals surface area contributed by atoms with Gasteiger partial charge in [-0.25, -0.2) is 17.5 Å². The van der Waals surface area contributed by atoms with E-state index in [1.807, 2.05) is 13.8 Å². The van der Waals surface area contributed by atoms with Crippen LogP contribution in [0.5, 0.6) is 0 Å². The molecular formula is C13H20FNO3S. The van der Waals surface area contributed by atoms with E-state index >= 15 is 0 Å². The number of aliphatic hydroxyl groups excluding tert-OH is 1. The monoisotopic (exact) mass is 289 g/mol. The normalized spacial score (nSPS) is 13.7. The van der Waals surface area contributed by atoms with Crippen LogP contribution in [0.25, 0.3) is 0 Å². The number of aliphatic hydroxyl groups is 1. The lowest BCUT2D eigenvalue weighted by Crippen LogP contribution is -2.30. The molecule has 108 valence electrons. The maximum atomic E-state index is 13.3. The van der Waals surface area contributed by atoms with Crippen LogP contribution in [0.15, 0.2) is 24.3 Å². The summed E-state index contributed by atoms with van der Waals surface area (Å²) in [6.45, 7) is 3.87. The maximum absolute atomic E-state index is 13.3. The molecule has 0 aliphatic heterocycles. The third kappa shape index (κ3) is 5.67. The smallest absolute Gasteiger partial charge is 0.215 e. The molecule has 1 unspecified atom stereocenters. The third-order valence-electron chi connectivity index (χ3n) is 2.83. The molecular weight excluding hydrogens is 269 g/mol. The molecule has 1 aromatic carbocycles. The van der Waals surface area contributed by atoms with Gasteiger partial charge >= 0.3 is 0 Å². The molecule has 1 rings (SSSR count). The maximum Gasteiger partial charge on any atom is 0.215 e. The Morgan fingerprint density at radius 3 is 2.53 bits per heavy atom. The van der Waals surface area contributed by atoms with Gasteiger partial charge in [0.15, 0.2) is 0 Å². The van der Waals surface area contributed by atoms with E-state index < -0.39 is 27.7 Å². The Labute approximate surface area is 113 Å². The van der Waals surface area contributed by atoms with Gasteiger partial charge in [-0.1, -0.05) is 32.0 Å². The molecule has 19 heavy (non-hydrogen) atoms. The molecule has 1 aromatic rings. The van der Waals surface area contributed by atoms with Gasteiger partial charge < -0.3 is 5.11 Å². The summed E-state index contributed by atoms with van der Waals surface area (Å²) in [5.41, 5.74) is 0.138. The van der Waals surface area contributed by atoms with Crippen molar-refractivity contribution >= 4 is 10.0 Å². The van der Waals surface area contributed by atoms with Crippen molar-refractivity contribution < 1.29 is 17.9 Å². The summed E-state index contributed by atoms with van der Waals surface area (Å²) in [4.78, 5) is 0. The Bertz CT molecular complexity index is 502. The molecule has 4 nitrogen and oxygen atoms in total. The summed E-state index contributed by atoms with van der Waals surface area (Å²) in [7, 11) is -3.58. The Morgan fingerprint density at radius 2 is 1.95 bits per heavy atom. The molecule has 0 bridgehead atoms. The van der Waals surface area contributed by atoms with Gasteiger partial charge in [-0.3, -0.25) is 0 Å². The second-order valence-corrected chi connectivity index (χ2v) is 6.65. The highest BCUT2D eigenvalue weighted by molar-refractivity contribution is 7.88. The van der Waals surface area contributed by atoms with Gasteiger partial charge in [-0.15, -0.1) is 0 Å². The fourth-order valence-corrected chi connectivity index (χ4v) is 2.74. The molecule has 0 amide bonds. The first-order chi connectivity index (χ1) is 8.82. The van der Waals surface area contributed by atoms with Crippen molar-refractivity contribution in [3.63, 3.8) is 0 Å².